The van der Waals surface area contributed by atoms with Crippen molar-refractivity contribution in [3.05, 3.63) is 0 Å². The molecule has 1 aliphatic rings. The third-order valence-electron chi connectivity index (χ3n) is 1.30. The van der Waals surface area contributed by atoms with Crippen LogP contribution in [-0.4, -0.2) is 31.0 Å². The van der Waals surface area contributed by atoms with Crippen LogP contribution in [0.25, 0.3) is 0 Å². The summed E-state index contributed by atoms with van der Waals surface area (Å²) in [5.74, 6) is 0. The molecule has 0 atom stereocenters. The average Bonchev–Trinajstić information content (AvgIpc) is 1.61. The van der Waals surface area contributed by atoms with Crippen LogP contribution in [0.3, 0.4) is 0 Å². The molecule has 0 aliphatic carbocycles. The van der Waals surface area contributed by atoms with Gasteiger partial charge in [0.1, 0.15) is 5.72 Å². The Labute approximate surface area is 42.7 Å². The van der Waals surface area contributed by atoms with Crippen molar-refractivity contribution in [2.75, 3.05) is 20.1 Å². The molecule has 3 nitrogen and oxygen atoms in total. The van der Waals surface area contributed by atoms with Gasteiger partial charge in [0.25, 0.3) is 0 Å². The van der Waals surface area contributed by atoms with Crippen LogP contribution in [0.15, 0.2) is 0 Å². The van der Waals surface area contributed by atoms with Gasteiger partial charge in [-0.2, -0.15) is 0 Å². The summed E-state index contributed by atoms with van der Waals surface area (Å²) in [6.45, 7) is 1.34. The zero-order valence-corrected chi connectivity index (χ0v) is 4.36. The highest BCUT2D eigenvalue weighted by atomic mass is 16.3. The van der Waals surface area contributed by atoms with E-state index in [0.717, 1.165) is 0 Å². The summed E-state index contributed by atoms with van der Waals surface area (Å²) in [5.41, 5.74) is -0.597. The quantitative estimate of drug-likeness (QED) is 0.353. The first-order valence-electron chi connectivity index (χ1n) is 2.39. The predicted molar refractivity (Wildman–Crippen MR) is 26.9 cm³/mol. The highest BCUT2D eigenvalue weighted by Crippen LogP contribution is 2.02. The minimum atomic E-state index is -0.597. The van der Waals surface area contributed by atoms with Gasteiger partial charge in [0, 0.05) is 13.1 Å². The summed E-state index contributed by atoms with van der Waals surface area (Å²) < 4.78 is 0. The lowest BCUT2D eigenvalue weighted by molar-refractivity contribution is -0.0342. The average molecular weight is 102 g/mol. The molecule has 3 heteroatoms. The topological polar surface area (TPSA) is 44.3 Å². The SMILES string of the molecule is CNC1(O)CNC1. The van der Waals surface area contributed by atoms with Gasteiger partial charge in [-0.15, -0.1) is 0 Å². The van der Waals surface area contributed by atoms with E-state index in [2.05, 4.69) is 10.6 Å². The first-order valence-corrected chi connectivity index (χ1v) is 2.39. The van der Waals surface area contributed by atoms with Gasteiger partial charge >= 0.3 is 0 Å². The van der Waals surface area contributed by atoms with E-state index in [0.29, 0.717) is 13.1 Å². The summed E-state index contributed by atoms with van der Waals surface area (Å²) in [7, 11) is 1.75. The molecule has 1 aliphatic heterocycles. The Morgan fingerprint density at radius 2 is 2.29 bits per heavy atom. The Balaban J connectivity index is 2.29. The second kappa shape index (κ2) is 1.43. The Kier molecular flexibility index (Phi) is 1.03. The van der Waals surface area contributed by atoms with Gasteiger partial charge < -0.3 is 10.4 Å². The maximum Gasteiger partial charge on any atom is 0.140 e. The lowest BCUT2D eigenvalue weighted by atomic mass is 10.1. The molecule has 0 aromatic carbocycles. The molecule has 0 spiro atoms. The monoisotopic (exact) mass is 102 g/mol. The van der Waals surface area contributed by atoms with Gasteiger partial charge in [0.2, 0.25) is 0 Å². The van der Waals surface area contributed by atoms with E-state index in [9.17, 15) is 0 Å². The molecule has 0 unspecified atom stereocenters. The lowest BCUT2D eigenvalue weighted by Gasteiger charge is -2.36. The summed E-state index contributed by atoms with van der Waals surface area (Å²) in [4.78, 5) is 0. The van der Waals surface area contributed by atoms with Crippen molar-refractivity contribution in [1.82, 2.24) is 10.6 Å². The minimum absolute atomic E-state index is 0.597. The van der Waals surface area contributed by atoms with E-state index >= 15 is 0 Å². The van der Waals surface area contributed by atoms with Crippen LogP contribution in [0.4, 0.5) is 0 Å². The number of likely N-dealkylation sites (N-methyl/N-ethyl adjacent to an activating group) is 1. The first kappa shape index (κ1) is 5.03. The van der Waals surface area contributed by atoms with Crippen LogP contribution < -0.4 is 10.6 Å². The zero-order valence-electron chi connectivity index (χ0n) is 4.36. The van der Waals surface area contributed by atoms with Crippen molar-refractivity contribution >= 4 is 0 Å². The molecule has 1 heterocycles. The van der Waals surface area contributed by atoms with Crippen LogP contribution in [0.5, 0.6) is 0 Å². The molecule has 0 aromatic heterocycles. The molecule has 0 aromatic rings. The number of β-amino-alcohol motifs (C(OH)–C–C–N with tert-alkyl or cyclic N) is 1. The van der Waals surface area contributed by atoms with Gasteiger partial charge in [0.15, 0.2) is 0 Å². The maximum atomic E-state index is 9.05. The van der Waals surface area contributed by atoms with Crippen molar-refractivity contribution in [2.24, 2.45) is 0 Å². The van der Waals surface area contributed by atoms with E-state index in [-0.39, 0.29) is 0 Å². The van der Waals surface area contributed by atoms with Gasteiger partial charge in [-0.25, -0.2) is 0 Å². The van der Waals surface area contributed by atoms with Crippen molar-refractivity contribution in [1.29, 1.82) is 0 Å². The normalized spacial score (nSPS) is 26.6. The first-order chi connectivity index (χ1) is 3.27. The number of hydrogen-bond donors (Lipinski definition) is 3. The fourth-order valence-corrected chi connectivity index (χ4v) is 0.539. The zero-order chi connectivity index (χ0) is 5.33. The molecule has 0 saturated carbocycles. The highest BCUT2D eigenvalue weighted by Gasteiger charge is 2.31. The van der Waals surface area contributed by atoms with E-state index in [4.69, 9.17) is 5.11 Å². The second-order valence-electron chi connectivity index (χ2n) is 1.89. The summed E-state index contributed by atoms with van der Waals surface area (Å²) in [6.07, 6.45) is 0. The maximum absolute atomic E-state index is 9.05. The van der Waals surface area contributed by atoms with Crippen LogP contribution in [0.1, 0.15) is 0 Å². The predicted octanol–water partition coefficient (Wildman–Crippen LogP) is -1.50. The van der Waals surface area contributed by atoms with E-state index in [1.807, 2.05) is 0 Å². The fraction of sp³-hybridized carbons (Fsp3) is 1.00. The highest BCUT2D eigenvalue weighted by molar-refractivity contribution is 4.88. The molecule has 1 fully saturated rings. The van der Waals surface area contributed by atoms with E-state index < -0.39 is 5.72 Å². The molecule has 1 rings (SSSR count). The molecule has 7 heavy (non-hydrogen) atoms. The van der Waals surface area contributed by atoms with Gasteiger partial charge in [-0.3, -0.25) is 5.32 Å². The van der Waals surface area contributed by atoms with Crippen LogP contribution >= 0.6 is 0 Å². The number of aliphatic hydroxyl groups is 1. The van der Waals surface area contributed by atoms with Crippen LogP contribution in [0.2, 0.25) is 0 Å². The third-order valence-corrected chi connectivity index (χ3v) is 1.30. The third kappa shape index (κ3) is 0.748. The Morgan fingerprint density at radius 1 is 1.71 bits per heavy atom. The standard InChI is InChI=1S/C4H10N2O/c1-5-4(7)2-6-3-4/h5-7H,2-3H2,1H3. The van der Waals surface area contributed by atoms with Crippen molar-refractivity contribution in [2.45, 2.75) is 5.72 Å². The molecular weight excluding hydrogens is 92.1 g/mol. The van der Waals surface area contributed by atoms with Gasteiger partial charge in [-0.05, 0) is 7.05 Å². The number of hydrogen-bond acceptors (Lipinski definition) is 3. The summed E-state index contributed by atoms with van der Waals surface area (Å²) >= 11 is 0. The Hall–Kier alpha value is -0.120. The Bertz CT molecular complexity index is 64.6. The van der Waals surface area contributed by atoms with Crippen molar-refractivity contribution in [3.8, 4) is 0 Å². The lowest BCUT2D eigenvalue weighted by Crippen LogP contribution is -2.66. The smallest absolute Gasteiger partial charge is 0.140 e. The second-order valence-corrected chi connectivity index (χ2v) is 1.89. The molecule has 0 amide bonds. The molecule has 1 saturated heterocycles. The van der Waals surface area contributed by atoms with Crippen molar-refractivity contribution in [3.63, 3.8) is 0 Å². The number of rotatable bonds is 1. The van der Waals surface area contributed by atoms with Crippen LogP contribution in [-0.2, 0) is 0 Å². The molecular formula is C4H10N2O. The van der Waals surface area contributed by atoms with Gasteiger partial charge in [0.05, 0.1) is 0 Å². The molecule has 3 N–H and O–H groups in total. The van der Waals surface area contributed by atoms with Gasteiger partial charge in [-0.1, -0.05) is 0 Å². The van der Waals surface area contributed by atoms with E-state index in [1.54, 1.807) is 7.05 Å². The molecule has 42 valence electrons. The summed E-state index contributed by atoms with van der Waals surface area (Å²) in [5, 5.41) is 14.8. The fourth-order valence-electron chi connectivity index (χ4n) is 0.539. The minimum Gasteiger partial charge on any atom is -0.373 e. The van der Waals surface area contributed by atoms with Crippen LogP contribution in [0, 0.1) is 0 Å². The largest absolute Gasteiger partial charge is 0.373 e. The number of nitrogens with one attached hydrogen (secondary N) is 2. The van der Waals surface area contributed by atoms with Crippen molar-refractivity contribution < 1.29 is 5.11 Å². The summed E-state index contributed by atoms with van der Waals surface area (Å²) in [6, 6.07) is 0. The molecule has 0 bridgehead atoms. The van der Waals surface area contributed by atoms with E-state index in [1.165, 1.54) is 0 Å². The Morgan fingerprint density at radius 3 is 2.29 bits per heavy atom. The molecule has 0 radical (unpaired) electrons.